The second kappa shape index (κ2) is 5.94. The minimum atomic E-state index is -3.61. The SMILES string of the molecule is O=C1CC(CS(=O)(=O)Cl)CN1c1nc(-c2cccnc2)cs1. The van der Waals surface area contributed by atoms with Crippen molar-refractivity contribution in [3.63, 3.8) is 0 Å². The molecule has 0 radical (unpaired) electrons. The molecule has 0 N–H and O–H groups in total. The predicted octanol–water partition coefficient (Wildman–Crippen LogP) is 2.13. The van der Waals surface area contributed by atoms with Crippen LogP contribution in [-0.2, 0) is 13.8 Å². The van der Waals surface area contributed by atoms with Crippen molar-refractivity contribution >= 4 is 42.1 Å². The van der Waals surface area contributed by atoms with Gasteiger partial charge in [0, 0.05) is 52.9 Å². The van der Waals surface area contributed by atoms with E-state index in [1.165, 1.54) is 16.2 Å². The number of carbonyl (C=O) groups excluding carboxylic acids is 1. The van der Waals surface area contributed by atoms with Gasteiger partial charge in [0.1, 0.15) is 0 Å². The van der Waals surface area contributed by atoms with Crippen LogP contribution >= 0.6 is 22.0 Å². The monoisotopic (exact) mass is 357 g/mol. The molecule has 2 aromatic rings. The van der Waals surface area contributed by atoms with Gasteiger partial charge in [0.05, 0.1) is 11.4 Å². The molecule has 2 aromatic heterocycles. The zero-order valence-electron chi connectivity index (χ0n) is 11.3. The van der Waals surface area contributed by atoms with Crippen molar-refractivity contribution in [3.8, 4) is 11.3 Å². The summed E-state index contributed by atoms with van der Waals surface area (Å²) in [5.74, 6) is -0.615. The number of aromatic nitrogens is 2. The highest BCUT2D eigenvalue weighted by molar-refractivity contribution is 8.13. The summed E-state index contributed by atoms with van der Waals surface area (Å²) in [6.45, 7) is 0.324. The highest BCUT2D eigenvalue weighted by Crippen LogP contribution is 2.31. The standard InChI is InChI=1S/C13H12ClN3O3S2/c14-22(19,20)8-9-4-12(18)17(6-9)13-16-11(7-21-13)10-2-1-3-15-5-10/h1-3,5,7,9H,4,6,8H2. The molecule has 1 unspecified atom stereocenters. The van der Waals surface area contributed by atoms with Gasteiger partial charge in [-0.2, -0.15) is 0 Å². The van der Waals surface area contributed by atoms with Gasteiger partial charge in [-0.1, -0.05) is 0 Å². The highest BCUT2D eigenvalue weighted by atomic mass is 35.7. The molecule has 1 saturated heterocycles. The molecule has 0 spiro atoms. The van der Waals surface area contributed by atoms with E-state index in [-0.39, 0.29) is 24.0 Å². The summed E-state index contributed by atoms with van der Waals surface area (Å²) in [6.07, 6.45) is 3.55. The Morgan fingerprint density at radius 2 is 2.27 bits per heavy atom. The minimum Gasteiger partial charge on any atom is -0.288 e. The molecule has 3 heterocycles. The lowest BCUT2D eigenvalue weighted by Crippen LogP contribution is -2.25. The van der Waals surface area contributed by atoms with Gasteiger partial charge in [0.25, 0.3) is 0 Å². The molecule has 0 saturated carbocycles. The number of halogens is 1. The fourth-order valence-corrected chi connectivity index (χ4v) is 4.58. The third kappa shape index (κ3) is 3.45. The summed E-state index contributed by atoms with van der Waals surface area (Å²) >= 11 is 1.35. The molecule has 0 aliphatic carbocycles. The molecule has 1 aliphatic heterocycles. The first-order chi connectivity index (χ1) is 10.4. The van der Waals surface area contributed by atoms with Crippen LogP contribution in [0.15, 0.2) is 29.9 Å². The average Bonchev–Trinajstić information content (AvgIpc) is 3.05. The zero-order valence-corrected chi connectivity index (χ0v) is 13.7. The van der Waals surface area contributed by atoms with Crippen LogP contribution in [0.5, 0.6) is 0 Å². The summed E-state index contributed by atoms with van der Waals surface area (Å²) in [6, 6.07) is 3.71. The molecule has 1 aliphatic rings. The van der Waals surface area contributed by atoms with E-state index in [0.29, 0.717) is 11.7 Å². The van der Waals surface area contributed by atoms with E-state index in [2.05, 4.69) is 9.97 Å². The van der Waals surface area contributed by atoms with E-state index in [9.17, 15) is 13.2 Å². The topological polar surface area (TPSA) is 80.2 Å². The zero-order chi connectivity index (χ0) is 15.7. The predicted molar refractivity (Wildman–Crippen MR) is 85.4 cm³/mol. The lowest BCUT2D eigenvalue weighted by atomic mass is 10.1. The van der Waals surface area contributed by atoms with Gasteiger partial charge < -0.3 is 0 Å². The third-order valence-corrected chi connectivity index (χ3v) is 5.43. The van der Waals surface area contributed by atoms with Crippen molar-refractivity contribution in [1.29, 1.82) is 0 Å². The minimum absolute atomic E-state index is 0.127. The third-order valence-electron chi connectivity index (χ3n) is 3.32. The van der Waals surface area contributed by atoms with Crippen LogP contribution in [-0.4, -0.2) is 36.6 Å². The van der Waals surface area contributed by atoms with Crippen molar-refractivity contribution in [2.45, 2.75) is 6.42 Å². The first kappa shape index (κ1) is 15.4. The van der Waals surface area contributed by atoms with Crippen LogP contribution in [0.4, 0.5) is 5.13 Å². The van der Waals surface area contributed by atoms with Gasteiger partial charge in [-0.3, -0.25) is 14.7 Å². The summed E-state index contributed by atoms with van der Waals surface area (Å²) in [5.41, 5.74) is 1.62. The van der Waals surface area contributed by atoms with Crippen LogP contribution < -0.4 is 4.90 Å². The number of hydrogen-bond acceptors (Lipinski definition) is 6. The molecule has 1 fully saturated rings. The van der Waals surface area contributed by atoms with Gasteiger partial charge in [-0.25, -0.2) is 13.4 Å². The first-order valence-corrected chi connectivity index (χ1v) is 9.87. The lowest BCUT2D eigenvalue weighted by Gasteiger charge is -2.12. The summed E-state index contributed by atoms with van der Waals surface area (Å²) in [5, 5.41) is 2.42. The Morgan fingerprint density at radius 1 is 1.45 bits per heavy atom. The van der Waals surface area contributed by atoms with Crippen molar-refractivity contribution in [1.82, 2.24) is 9.97 Å². The van der Waals surface area contributed by atoms with Crippen molar-refractivity contribution < 1.29 is 13.2 Å². The number of hydrogen-bond donors (Lipinski definition) is 0. The van der Waals surface area contributed by atoms with Gasteiger partial charge in [0.2, 0.25) is 15.0 Å². The second-order valence-electron chi connectivity index (χ2n) is 5.04. The quantitative estimate of drug-likeness (QED) is 0.783. The Hall–Kier alpha value is -1.51. The maximum absolute atomic E-state index is 12.1. The average molecular weight is 358 g/mol. The lowest BCUT2D eigenvalue weighted by molar-refractivity contribution is -0.117. The Kier molecular flexibility index (Phi) is 4.16. The fourth-order valence-electron chi connectivity index (χ4n) is 2.39. The number of thiazole rings is 1. The number of nitrogens with zero attached hydrogens (tertiary/aromatic N) is 3. The van der Waals surface area contributed by atoms with E-state index < -0.39 is 9.05 Å². The first-order valence-electron chi connectivity index (χ1n) is 6.51. The Bertz CT molecular complexity index is 792. The molecule has 116 valence electrons. The summed E-state index contributed by atoms with van der Waals surface area (Å²) < 4.78 is 22.3. The van der Waals surface area contributed by atoms with E-state index >= 15 is 0 Å². The normalized spacial score (nSPS) is 18.9. The molecule has 3 rings (SSSR count). The van der Waals surface area contributed by atoms with Crippen LogP contribution in [0.3, 0.4) is 0 Å². The maximum Gasteiger partial charge on any atom is 0.232 e. The molecule has 0 bridgehead atoms. The van der Waals surface area contributed by atoms with Crippen LogP contribution in [0, 0.1) is 5.92 Å². The molecule has 6 nitrogen and oxygen atoms in total. The molecular weight excluding hydrogens is 346 g/mol. The van der Waals surface area contributed by atoms with Crippen molar-refractivity contribution in [2.75, 3.05) is 17.2 Å². The molecule has 0 aromatic carbocycles. The molecule has 1 amide bonds. The molecule has 9 heteroatoms. The second-order valence-corrected chi connectivity index (χ2v) is 8.70. The Labute approximate surface area is 136 Å². The maximum atomic E-state index is 12.1. The van der Waals surface area contributed by atoms with Crippen LogP contribution in [0.25, 0.3) is 11.3 Å². The number of anilines is 1. The Balaban J connectivity index is 1.78. The van der Waals surface area contributed by atoms with Crippen LogP contribution in [0.2, 0.25) is 0 Å². The van der Waals surface area contributed by atoms with E-state index in [4.69, 9.17) is 10.7 Å². The fraction of sp³-hybridized carbons (Fsp3) is 0.308. The molecule has 22 heavy (non-hydrogen) atoms. The van der Waals surface area contributed by atoms with Gasteiger partial charge >= 0.3 is 0 Å². The highest BCUT2D eigenvalue weighted by Gasteiger charge is 2.34. The molecule has 1 atom stereocenters. The Morgan fingerprint density at radius 3 is 2.95 bits per heavy atom. The molecular formula is C13H12ClN3O3S2. The smallest absolute Gasteiger partial charge is 0.232 e. The van der Waals surface area contributed by atoms with Crippen LogP contribution in [0.1, 0.15) is 6.42 Å². The van der Waals surface area contributed by atoms with Crippen molar-refractivity contribution in [3.05, 3.63) is 29.9 Å². The van der Waals surface area contributed by atoms with E-state index in [0.717, 1.165) is 11.3 Å². The van der Waals surface area contributed by atoms with Crippen molar-refractivity contribution in [2.24, 2.45) is 5.92 Å². The number of rotatable bonds is 4. The van der Waals surface area contributed by atoms with Gasteiger partial charge in [0.15, 0.2) is 5.13 Å². The number of pyridine rings is 1. The van der Waals surface area contributed by atoms with Gasteiger partial charge in [-0.15, -0.1) is 11.3 Å². The number of amides is 1. The summed E-state index contributed by atoms with van der Waals surface area (Å²) in [7, 11) is 1.65. The van der Waals surface area contributed by atoms with E-state index in [1.54, 1.807) is 12.4 Å². The van der Waals surface area contributed by atoms with Gasteiger partial charge in [-0.05, 0) is 12.1 Å². The van der Waals surface area contributed by atoms with E-state index in [1.807, 2.05) is 17.5 Å². The number of carbonyl (C=O) groups is 1. The summed E-state index contributed by atoms with van der Waals surface area (Å²) in [4.78, 5) is 22.1. The largest absolute Gasteiger partial charge is 0.288 e.